The van der Waals surface area contributed by atoms with Gasteiger partial charge in [0.05, 0.1) is 5.39 Å². The molecule has 8 nitrogen and oxygen atoms in total. The molecule has 28 heavy (non-hydrogen) atoms. The summed E-state index contributed by atoms with van der Waals surface area (Å²) in [7, 11) is 0. The van der Waals surface area contributed by atoms with Gasteiger partial charge in [-0.15, -0.1) is 5.10 Å². The smallest absolute Gasteiger partial charge is 0.328 e. The molecule has 1 heterocycles. The molecule has 1 amide bonds. The molecule has 0 bridgehead atoms. The SMILES string of the molecule is Cc1ccc(NC(=O)C(C)OC(=O)Cn2nnc3ccccc3c2=O)c(C)c1. The van der Waals surface area contributed by atoms with E-state index in [0.717, 1.165) is 15.8 Å². The van der Waals surface area contributed by atoms with E-state index in [1.54, 1.807) is 30.3 Å². The number of nitrogens with one attached hydrogen (secondary N) is 1. The molecule has 1 atom stereocenters. The Morgan fingerprint density at radius 1 is 1.18 bits per heavy atom. The third-order valence-electron chi connectivity index (χ3n) is 4.23. The summed E-state index contributed by atoms with van der Waals surface area (Å²) in [5.74, 6) is -1.22. The van der Waals surface area contributed by atoms with Gasteiger partial charge in [-0.25, -0.2) is 0 Å². The van der Waals surface area contributed by atoms with E-state index in [1.807, 2.05) is 26.0 Å². The predicted molar refractivity (Wildman–Crippen MR) is 104 cm³/mol. The summed E-state index contributed by atoms with van der Waals surface area (Å²) in [6.45, 7) is 4.87. The second kappa shape index (κ2) is 7.99. The summed E-state index contributed by atoms with van der Waals surface area (Å²) < 4.78 is 6.06. The van der Waals surface area contributed by atoms with Gasteiger partial charge in [-0.3, -0.25) is 14.4 Å². The molecule has 0 aliphatic rings. The standard InChI is InChI=1S/C20H20N4O4/c1-12-8-9-16(13(2)10-12)21-19(26)14(3)28-18(25)11-24-20(27)15-6-4-5-7-17(15)22-23-24/h4-10,14H,11H2,1-3H3,(H,21,26). The van der Waals surface area contributed by atoms with Crippen molar-refractivity contribution < 1.29 is 14.3 Å². The number of amides is 1. The van der Waals surface area contributed by atoms with Crippen LogP contribution >= 0.6 is 0 Å². The first-order valence-electron chi connectivity index (χ1n) is 8.75. The molecule has 0 saturated carbocycles. The number of anilines is 1. The number of rotatable bonds is 5. The Hall–Kier alpha value is -3.55. The Kier molecular flexibility index (Phi) is 5.49. The first-order valence-corrected chi connectivity index (χ1v) is 8.75. The molecule has 1 unspecified atom stereocenters. The number of benzene rings is 2. The molecule has 0 radical (unpaired) electrons. The normalized spacial score (nSPS) is 11.8. The molecule has 0 fully saturated rings. The lowest BCUT2D eigenvalue weighted by atomic mass is 10.1. The number of esters is 1. The lowest BCUT2D eigenvalue weighted by Gasteiger charge is -2.15. The van der Waals surface area contributed by atoms with Gasteiger partial charge in [0.1, 0.15) is 12.1 Å². The molecule has 0 aliphatic carbocycles. The lowest BCUT2D eigenvalue weighted by molar-refractivity contribution is -0.154. The Balaban J connectivity index is 1.65. The lowest BCUT2D eigenvalue weighted by Crippen LogP contribution is -2.34. The van der Waals surface area contributed by atoms with Crippen LogP contribution in [0.4, 0.5) is 5.69 Å². The van der Waals surface area contributed by atoms with Gasteiger partial charge in [0, 0.05) is 5.69 Å². The molecular formula is C20H20N4O4. The van der Waals surface area contributed by atoms with E-state index in [-0.39, 0.29) is 0 Å². The Bertz CT molecular complexity index is 1110. The third-order valence-corrected chi connectivity index (χ3v) is 4.23. The van der Waals surface area contributed by atoms with E-state index in [1.165, 1.54) is 6.92 Å². The van der Waals surface area contributed by atoms with Crippen LogP contribution in [0.15, 0.2) is 47.3 Å². The summed E-state index contributed by atoms with van der Waals surface area (Å²) >= 11 is 0. The minimum absolute atomic E-state index is 0.353. The van der Waals surface area contributed by atoms with E-state index < -0.39 is 30.1 Å². The fraction of sp³-hybridized carbons (Fsp3) is 0.250. The van der Waals surface area contributed by atoms with Gasteiger partial charge in [-0.1, -0.05) is 35.0 Å². The third kappa shape index (κ3) is 4.22. The van der Waals surface area contributed by atoms with Crippen molar-refractivity contribution in [3.8, 4) is 0 Å². The number of fused-ring (bicyclic) bond motifs is 1. The summed E-state index contributed by atoms with van der Waals surface area (Å²) in [5, 5.41) is 10.7. The van der Waals surface area contributed by atoms with Crippen molar-refractivity contribution in [2.24, 2.45) is 0 Å². The van der Waals surface area contributed by atoms with Crippen molar-refractivity contribution in [1.29, 1.82) is 0 Å². The van der Waals surface area contributed by atoms with Gasteiger partial charge < -0.3 is 10.1 Å². The molecule has 2 aromatic carbocycles. The van der Waals surface area contributed by atoms with Crippen molar-refractivity contribution in [2.75, 3.05) is 5.32 Å². The molecule has 3 aromatic rings. The largest absolute Gasteiger partial charge is 0.451 e. The Morgan fingerprint density at radius 2 is 1.93 bits per heavy atom. The van der Waals surface area contributed by atoms with Crippen LogP contribution in [0, 0.1) is 13.8 Å². The van der Waals surface area contributed by atoms with E-state index in [4.69, 9.17) is 4.74 Å². The highest BCUT2D eigenvalue weighted by Gasteiger charge is 2.20. The number of hydrogen-bond donors (Lipinski definition) is 1. The maximum Gasteiger partial charge on any atom is 0.328 e. The highest BCUT2D eigenvalue weighted by Crippen LogP contribution is 2.16. The van der Waals surface area contributed by atoms with Crippen molar-refractivity contribution >= 4 is 28.5 Å². The van der Waals surface area contributed by atoms with Crippen LogP contribution in [-0.4, -0.2) is 33.0 Å². The zero-order valence-electron chi connectivity index (χ0n) is 15.8. The number of carbonyl (C=O) groups excluding carboxylic acids is 2. The second-order valence-electron chi connectivity index (χ2n) is 6.51. The number of nitrogens with zero attached hydrogens (tertiary/aromatic N) is 3. The molecular weight excluding hydrogens is 360 g/mol. The molecule has 8 heteroatoms. The van der Waals surface area contributed by atoms with Crippen LogP contribution in [-0.2, 0) is 20.9 Å². The fourth-order valence-electron chi connectivity index (χ4n) is 2.73. The van der Waals surface area contributed by atoms with Crippen molar-refractivity contribution in [2.45, 2.75) is 33.4 Å². The van der Waals surface area contributed by atoms with Gasteiger partial charge in [-0.2, -0.15) is 4.68 Å². The first kappa shape index (κ1) is 19.2. The van der Waals surface area contributed by atoms with Gasteiger partial charge >= 0.3 is 5.97 Å². The highest BCUT2D eigenvalue weighted by atomic mass is 16.5. The number of aromatic nitrogens is 3. The Morgan fingerprint density at radius 3 is 2.68 bits per heavy atom. The van der Waals surface area contributed by atoms with Crippen LogP contribution in [0.3, 0.4) is 0 Å². The first-order chi connectivity index (χ1) is 13.3. The zero-order valence-corrected chi connectivity index (χ0v) is 15.8. The molecule has 0 aliphatic heterocycles. The van der Waals surface area contributed by atoms with E-state index in [9.17, 15) is 14.4 Å². The second-order valence-corrected chi connectivity index (χ2v) is 6.51. The van der Waals surface area contributed by atoms with Crippen LogP contribution in [0.1, 0.15) is 18.1 Å². The summed E-state index contributed by atoms with van der Waals surface area (Å²) in [5.41, 5.74) is 2.63. The molecule has 144 valence electrons. The zero-order chi connectivity index (χ0) is 20.3. The van der Waals surface area contributed by atoms with E-state index in [2.05, 4.69) is 15.6 Å². The Labute approximate surface area is 161 Å². The van der Waals surface area contributed by atoms with Gasteiger partial charge in [0.15, 0.2) is 6.10 Å². The van der Waals surface area contributed by atoms with E-state index in [0.29, 0.717) is 16.6 Å². The predicted octanol–water partition coefficient (Wildman–Crippen LogP) is 1.98. The van der Waals surface area contributed by atoms with Crippen LogP contribution in [0.25, 0.3) is 10.9 Å². The van der Waals surface area contributed by atoms with Gasteiger partial charge in [0.2, 0.25) is 0 Å². The average molecular weight is 380 g/mol. The quantitative estimate of drug-likeness (QED) is 0.679. The summed E-state index contributed by atoms with van der Waals surface area (Å²) in [6.07, 6.45) is -1.03. The van der Waals surface area contributed by atoms with Crippen molar-refractivity contribution in [3.63, 3.8) is 0 Å². The van der Waals surface area contributed by atoms with Crippen molar-refractivity contribution in [1.82, 2.24) is 15.0 Å². The molecule has 1 N–H and O–H groups in total. The maximum absolute atomic E-state index is 12.4. The number of ether oxygens (including phenoxy) is 1. The fourth-order valence-corrected chi connectivity index (χ4v) is 2.73. The van der Waals surface area contributed by atoms with Crippen LogP contribution in [0.5, 0.6) is 0 Å². The maximum atomic E-state index is 12.4. The minimum atomic E-state index is -1.03. The van der Waals surface area contributed by atoms with E-state index >= 15 is 0 Å². The monoisotopic (exact) mass is 380 g/mol. The highest BCUT2D eigenvalue weighted by molar-refractivity contribution is 5.95. The summed E-state index contributed by atoms with van der Waals surface area (Å²) in [6, 6.07) is 12.3. The van der Waals surface area contributed by atoms with Crippen molar-refractivity contribution in [3.05, 3.63) is 63.9 Å². The number of hydrogen-bond acceptors (Lipinski definition) is 6. The van der Waals surface area contributed by atoms with Crippen LogP contribution < -0.4 is 10.9 Å². The topological polar surface area (TPSA) is 103 Å². The molecule has 1 aromatic heterocycles. The number of carbonyl (C=O) groups is 2. The minimum Gasteiger partial charge on any atom is -0.451 e. The van der Waals surface area contributed by atoms with Crippen LogP contribution in [0.2, 0.25) is 0 Å². The molecule has 0 saturated heterocycles. The molecule has 0 spiro atoms. The molecule has 3 rings (SSSR count). The number of aryl methyl sites for hydroxylation is 2. The average Bonchev–Trinajstić information content (AvgIpc) is 2.66. The summed E-state index contributed by atoms with van der Waals surface area (Å²) in [4.78, 5) is 36.8. The van der Waals surface area contributed by atoms with Gasteiger partial charge in [0.25, 0.3) is 11.5 Å². The van der Waals surface area contributed by atoms with Gasteiger partial charge in [-0.05, 0) is 44.5 Å².